The van der Waals surface area contributed by atoms with Gasteiger partial charge in [-0.3, -0.25) is 0 Å². The van der Waals surface area contributed by atoms with Crippen molar-refractivity contribution in [3.63, 3.8) is 0 Å². The molecular weight excluding hydrogens is 250 g/mol. The van der Waals surface area contributed by atoms with Gasteiger partial charge in [-0.15, -0.1) is 0 Å². The third-order valence-corrected chi connectivity index (χ3v) is 2.40. The van der Waals surface area contributed by atoms with Crippen LogP contribution in [0.1, 0.15) is 6.42 Å². The molecule has 0 aliphatic rings. The Morgan fingerprint density at radius 1 is 1.13 bits per heavy atom. The lowest BCUT2D eigenvalue weighted by atomic mass is 10.3. The molecule has 0 amide bonds. The Hall–Kier alpha value is -0.610. The number of anilines is 1. The van der Waals surface area contributed by atoms with Crippen LogP contribution >= 0.6 is 23.2 Å². The van der Waals surface area contributed by atoms with Gasteiger partial charge < -0.3 is 5.32 Å². The highest BCUT2D eigenvalue weighted by atomic mass is 35.5. The Balaban J connectivity index is 2.48. The highest BCUT2D eigenvalue weighted by Gasteiger charge is 2.26. The summed E-state index contributed by atoms with van der Waals surface area (Å²) in [7, 11) is 0. The maximum absolute atomic E-state index is 11.8. The average molecular weight is 258 g/mol. The lowest BCUT2D eigenvalue weighted by molar-refractivity contribution is -0.131. The van der Waals surface area contributed by atoms with E-state index in [9.17, 15) is 13.2 Å². The van der Waals surface area contributed by atoms with Crippen molar-refractivity contribution in [3.05, 3.63) is 28.2 Å². The summed E-state index contributed by atoms with van der Waals surface area (Å²) >= 11 is 11.3. The molecule has 0 spiro atoms. The van der Waals surface area contributed by atoms with Gasteiger partial charge in [-0.1, -0.05) is 23.2 Å². The topological polar surface area (TPSA) is 12.0 Å². The van der Waals surface area contributed by atoms with Gasteiger partial charge in [0, 0.05) is 12.2 Å². The molecule has 0 atom stereocenters. The minimum absolute atomic E-state index is 0.179. The van der Waals surface area contributed by atoms with E-state index in [1.165, 1.54) is 12.1 Å². The minimum Gasteiger partial charge on any atom is -0.385 e. The Morgan fingerprint density at radius 2 is 1.80 bits per heavy atom. The highest BCUT2D eigenvalue weighted by Crippen LogP contribution is 2.25. The van der Waals surface area contributed by atoms with Crippen LogP contribution in [0, 0.1) is 0 Å². The Morgan fingerprint density at radius 3 is 2.33 bits per heavy atom. The summed E-state index contributed by atoms with van der Waals surface area (Å²) in [6.45, 7) is -0.179. The van der Waals surface area contributed by atoms with E-state index in [0.29, 0.717) is 15.7 Å². The summed E-state index contributed by atoms with van der Waals surface area (Å²) in [4.78, 5) is 0. The predicted octanol–water partition coefficient (Wildman–Crippen LogP) is 4.36. The number of hydrogen-bond donors (Lipinski definition) is 1. The molecule has 0 unspecified atom stereocenters. The fourth-order valence-electron chi connectivity index (χ4n) is 0.955. The van der Waals surface area contributed by atoms with E-state index in [1.807, 2.05) is 0 Å². The second-order valence-corrected chi connectivity index (χ2v) is 3.74. The largest absolute Gasteiger partial charge is 0.390 e. The average Bonchev–Trinajstić information content (AvgIpc) is 2.09. The van der Waals surface area contributed by atoms with E-state index in [-0.39, 0.29) is 6.54 Å². The predicted molar refractivity (Wildman–Crippen MR) is 55.6 cm³/mol. The first-order chi connectivity index (χ1) is 6.88. The number of halogens is 5. The van der Waals surface area contributed by atoms with Crippen LogP contribution in [0.5, 0.6) is 0 Å². The third kappa shape index (κ3) is 4.62. The first-order valence-electron chi connectivity index (χ1n) is 4.14. The first-order valence-corrected chi connectivity index (χ1v) is 4.90. The zero-order valence-corrected chi connectivity index (χ0v) is 9.05. The van der Waals surface area contributed by atoms with Gasteiger partial charge in [-0.2, -0.15) is 13.2 Å². The SMILES string of the molecule is FC(F)(F)CCNc1ccc(Cl)c(Cl)c1. The fourth-order valence-corrected chi connectivity index (χ4v) is 1.25. The van der Waals surface area contributed by atoms with Crippen molar-refractivity contribution in [1.82, 2.24) is 0 Å². The second kappa shape index (κ2) is 4.94. The molecule has 0 saturated carbocycles. The third-order valence-electron chi connectivity index (χ3n) is 1.66. The minimum atomic E-state index is -4.15. The maximum Gasteiger partial charge on any atom is 0.390 e. The number of hydrogen-bond acceptors (Lipinski definition) is 1. The molecule has 84 valence electrons. The molecule has 1 aromatic rings. The first kappa shape index (κ1) is 12.5. The van der Waals surface area contributed by atoms with E-state index < -0.39 is 12.6 Å². The summed E-state index contributed by atoms with van der Waals surface area (Å²) in [6.07, 6.45) is -5.03. The van der Waals surface area contributed by atoms with Gasteiger partial charge in [-0.05, 0) is 18.2 Å². The van der Waals surface area contributed by atoms with E-state index >= 15 is 0 Å². The molecule has 0 saturated heterocycles. The lowest BCUT2D eigenvalue weighted by Crippen LogP contribution is -2.14. The van der Waals surface area contributed by atoms with Gasteiger partial charge in [0.15, 0.2) is 0 Å². The van der Waals surface area contributed by atoms with Crippen molar-refractivity contribution < 1.29 is 13.2 Å². The molecule has 15 heavy (non-hydrogen) atoms. The van der Waals surface area contributed by atoms with Crippen molar-refractivity contribution in [2.75, 3.05) is 11.9 Å². The molecule has 1 nitrogen and oxygen atoms in total. The molecule has 0 heterocycles. The molecule has 0 aliphatic heterocycles. The second-order valence-electron chi connectivity index (χ2n) is 2.92. The van der Waals surface area contributed by atoms with Crippen LogP contribution in [-0.4, -0.2) is 12.7 Å². The molecule has 0 aromatic heterocycles. The van der Waals surface area contributed by atoms with E-state index in [1.54, 1.807) is 6.07 Å². The monoisotopic (exact) mass is 257 g/mol. The summed E-state index contributed by atoms with van der Waals surface area (Å²) < 4.78 is 35.4. The zero-order valence-electron chi connectivity index (χ0n) is 7.54. The Kier molecular flexibility index (Phi) is 4.11. The maximum atomic E-state index is 11.8. The van der Waals surface area contributed by atoms with Crippen molar-refractivity contribution in [2.45, 2.75) is 12.6 Å². The Labute approximate surface area is 95.2 Å². The summed E-state index contributed by atoms with van der Waals surface area (Å²) in [5.74, 6) is 0. The van der Waals surface area contributed by atoms with Crippen LogP contribution in [0.25, 0.3) is 0 Å². The molecule has 0 bridgehead atoms. The molecule has 0 aliphatic carbocycles. The number of nitrogens with one attached hydrogen (secondary N) is 1. The molecular formula is C9H8Cl2F3N. The molecule has 0 fully saturated rings. The smallest absolute Gasteiger partial charge is 0.385 e. The molecule has 0 radical (unpaired) electrons. The standard InChI is InChI=1S/C9H8Cl2F3N/c10-7-2-1-6(5-8(7)11)15-4-3-9(12,13)14/h1-2,5,15H,3-4H2. The van der Waals surface area contributed by atoms with Gasteiger partial charge in [0.2, 0.25) is 0 Å². The lowest BCUT2D eigenvalue weighted by Gasteiger charge is -2.09. The molecule has 1 aromatic carbocycles. The van der Waals surface area contributed by atoms with Crippen LogP contribution in [0.3, 0.4) is 0 Å². The number of alkyl halides is 3. The molecule has 1 rings (SSSR count). The highest BCUT2D eigenvalue weighted by molar-refractivity contribution is 6.42. The van der Waals surface area contributed by atoms with Gasteiger partial charge in [0.1, 0.15) is 0 Å². The van der Waals surface area contributed by atoms with Crippen LogP contribution in [0.15, 0.2) is 18.2 Å². The van der Waals surface area contributed by atoms with Crippen molar-refractivity contribution in [3.8, 4) is 0 Å². The molecule has 6 heteroatoms. The van der Waals surface area contributed by atoms with E-state index in [0.717, 1.165) is 0 Å². The van der Waals surface area contributed by atoms with Crippen LogP contribution < -0.4 is 5.32 Å². The van der Waals surface area contributed by atoms with Gasteiger partial charge in [0.05, 0.1) is 16.5 Å². The summed E-state index contributed by atoms with van der Waals surface area (Å²) in [5.41, 5.74) is 0.522. The number of benzene rings is 1. The van der Waals surface area contributed by atoms with Crippen molar-refractivity contribution >= 4 is 28.9 Å². The van der Waals surface area contributed by atoms with Crippen molar-refractivity contribution in [2.24, 2.45) is 0 Å². The molecule has 1 N–H and O–H groups in total. The van der Waals surface area contributed by atoms with Crippen LogP contribution in [-0.2, 0) is 0 Å². The fraction of sp³-hybridized carbons (Fsp3) is 0.333. The summed E-state index contributed by atoms with van der Waals surface area (Å²) in [5, 5.41) is 3.29. The quantitative estimate of drug-likeness (QED) is 0.849. The van der Waals surface area contributed by atoms with Gasteiger partial charge >= 0.3 is 6.18 Å². The van der Waals surface area contributed by atoms with Gasteiger partial charge in [-0.25, -0.2) is 0 Å². The van der Waals surface area contributed by atoms with E-state index in [4.69, 9.17) is 23.2 Å². The zero-order chi connectivity index (χ0) is 11.5. The summed E-state index contributed by atoms with van der Waals surface area (Å²) in [6, 6.07) is 4.59. The van der Waals surface area contributed by atoms with Gasteiger partial charge in [0.25, 0.3) is 0 Å². The normalized spacial score (nSPS) is 11.5. The van der Waals surface area contributed by atoms with Crippen molar-refractivity contribution in [1.29, 1.82) is 0 Å². The number of rotatable bonds is 3. The van der Waals surface area contributed by atoms with Crippen LogP contribution in [0.2, 0.25) is 10.0 Å². The van der Waals surface area contributed by atoms with E-state index in [2.05, 4.69) is 5.32 Å². The Bertz CT molecular complexity index is 339. The van der Waals surface area contributed by atoms with Crippen LogP contribution in [0.4, 0.5) is 18.9 Å².